The Morgan fingerprint density at radius 1 is 1.19 bits per heavy atom. The molecular formula is C15H24N4O2. The van der Waals surface area contributed by atoms with E-state index >= 15 is 0 Å². The normalized spacial score (nSPS) is 16.9. The molecule has 6 nitrogen and oxygen atoms in total. The summed E-state index contributed by atoms with van der Waals surface area (Å²) in [6, 6.07) is 5.50. The third kappa shape index (κ3) is 4.15. The van der Waals surface area contributed by atoms with E-state index in [1.165, 1.54) is 0 Å². The first-order valence-corrected chi connectivity index (χ1v) is 7.60. The van der Waals surface area contributed by atoms with E-state index in [1.54, 1.807) is 6.07 Å². The smallest absolute Gasteiger partial charge is 0.292 e. The standard InChI is InChI=1S/C15H24N4O2/c1-3-16-14-6-5-13(11-15(14)19(20)21)12-18-9-7-17(4-2)8-10-18/h5-6,11,16H,3-4,7-10,12H2,1-2H3. The Hall–Kier alpha value is -1.66. The largest absolute Gasteiger partial charge is 0.380 e. The highest BCUT2D eigenvalue weighted by atomic mass is 16.6. The van der Waals surface area contributed by atoms with E-state index < -0.39 is 0 Å². The maximum absolute atomic E-state index is 11.2. The number of hydrogen-bond donors (Lipinski definition) is 1. The lowest BCUT2D eigenvalue weighted by Gasteiger charge is -2.34. The molecule has 0 radical (unpaired) electrons. The Morgan fingerprint density at radius 3 is 2.43 bits per heavy atom. The lowest BCUT2D eigenvalue weighted by Crippen LogP contribution is -2.45. The second-order valence-electron chi connectivity index (χ2n) is 5.35. The Morgan fingerprint density at radius 2 is 1.86 bits per heavy atom. The highest BCUT2D eigenvalue weighted by molar-refractivity contribution is 5.62. The molecule has 0 saturated carbocycles. The van der Waals surface area contributed by atoms with E-state index in [0.29, 0.717) is 12.2 Å². The Balaban J connectivity index is 2.04. The van der Waals surface area contributed by atoms with Crippen molar-refractivity contribution in [1.82, 2.24) is 9.80 Å². The molecule has 1 saturated heterocycles. The molecule has 0 amide bonds. The van der Waals surface area contributed by atoms with Gasteiger partial charge in [0, 0.05) is 45.3 Å². The fourth-order valence-corrected chi connectivity index (χ4v) is 2.69. The number of nitro benzene ring substituents is 1. The summed E-state index contributed by atoms with van der Waals surface area (Å²) in [4.78, 5) is 15.6. The molecule has 0 spiro atoms. The van der Waals surface area contributed by atoms with Crippen LogP contribution in [0.5, 0.6) is 0 Å². The van der Waals surface area contributed by atoms with Crippen LogP contribution >= 0.6 is 0 Å². The predicted octanol–water partition coefficient (Wildman–Crippen LogP) is 2.16. The SMILES string of the molecule is CCNc1ccc(CN2CCN(CC)CC2)cc1[N+](=O)[O-]. The van der Waals surface area contributed by atoms with Gasteiger partial charge < -0.3 is 10.2 Å². The molecule has 0 aromatic heterocycles. The first-order valence-electron chi connectivity index (χ1n) is 7.60. The molecule has 1 aliphatic heterocycles. The molecule has 0 unspecified atom stereocenters. The molecule has 1 aliphatic rings. The predicted molar refractivity (Wildman–Crippen MR) is 84.7 cm³/mol. The summed E-state index contributed by atoms with van der Waals surface area (Å²) in [6.45, 7) is 10.9. The maximum Gasteiger partial charge on any atom is 0.292 e. The van der Waals surface area contributed by atoms with E-state index in [4.69, 9.17) is 0 Å². The maximum atomic E-state index is 11.2. The lowest BCUT2D eigenvalue weighted by molar-refractivity contribution is -0.384. The minimum Gasteiger partial charge on any atom is -0.380 e. The van der Waals surface area contributed by atoms with Gasteiger partial charge in [0.25, 0.3) is 5.69 Å². The molecule has 1 aromatic carbocycles. The van der Waals surface area contributed by atoms with Crippen LogP contribution in [-0.2, 0) is 6.54 Å². The highest BCUT2D eigenvalue weighted by Gasteiger charge is 2.18. The highest BCUT2D eigenvalue weighted by Crippen LogP contribution is 2.26. The summed E-state index contributed by atoms with van der Waals surface area (Å²) >= 11 is 0. The van der Waals surface area contributed by atoms with E-state index in [0.717, 1.165) is 44.8 Å². The van der Waals surface area contributed by atoms with Crippen molar-refractivity contribution in [3.63, 3.8) is 0 Å². The first kappa shape index (κ1) is 15.7. The van der Waals surface area contributed by atoms with Gasteiger partial charge in [-0.1, -0.05) is 13.0 Å². The van der Waals surface area contributed by atoms with Crippen LogP contribution < -0.4 is 5.32 Å². The summed E-state index contributed by atoms with van der Waals surface area (Å²) in [5.74, 6) is 0. The number of rotatable bonds is 6. The van der Waals surface area contributed by atoms with Crippen molar-refractivity contribution in [3.8, 4) is 0 Å². The number of nitrogens with one attached hydrogen (secondary N) is 1. The number of likely N-dealkylation sites (N-methyl/N-ethyl adjacent to an activating group) is 1. The van der Waals surface area contributed by atoms with Crippen molar-refractivity contribution in [1.29, 1.82) is 0 Å². The fourth-order valence-electron chi connectivity index (χ4n) is 2.69. The topological polar surface area (TPSA) is 61.6 Å². The lowest BCUT2D eigenvalue weighted by atomic mass is 10.1. The average molecular weight is 292 g/mol. The van der Waals surface area contributed by atoms with Crippen molar-refractivity contribution in [2.24, 2.45) is 0 Å². The first-order chi connectivity index (χ1) is 10.1. The zero-order chi connectivity index (χ0) is 15.2. The number of piperazine rings is 1. The van der Waals surface area contributed by atoms with Crippen LogP contribution in [-0.4, -0.2) is 54.0 Å². The second kappa shape index (κ2) is 7.38. The molecule has 1 N–H and O–H groups in total. The average Bonchev–Trinajstić information content (AvgIpc) is 2.49. The number of nitro groups is 1. The molecule has 0 bridgehead atoms. The number of nitrogens with zero attached hydrogens (tertiary/aromatic N) is 3. The van der Waals surface area contributed by atoms with Crippen molar-refractivity contribution >= 4 is 11.4 Å². The van der Waals surface area contributed by atoms with Gasteiger partial charge in [0.15, 0.2) is 0 Å². The van der Waals surface area contributed by atoms with Gasteiger partial charge in [-0.3, -0.25) is 15.0 Å². The quantitative estimate of drug-likeness (QED) is 0.643. The minimum atomic E-state index is -0.309. The molecule has 21 heavy (non-hydrogen) atoms. The minimum absolute atomic E-state index is 0.168. The van der Waals surface area contributed by atoms with E-state index in [-0.39, 0.29) is 10.6 Å². The monoisotopic (exact) mass is 292 g/mol. The van der Waals surface area contributed by atoms with Gasteiger partial charge in [-0.05, 0) is 25.1 Å². The summed E-state index contributed by atoms with van der Waals surface area (Å²) in [6.07, 6.45) is 0. The third-order valence-electron chi connectivity index (χ3n) is 3.94. The van der Waals surface area contributed by atoms with Crippen LogP contribution in [0.2, 0.25) is 0 Å². The molecule has 0 aliphatic carbocycles. The van der Waals surface area contributed by atoms with Crippen LogP contribution in [0.25, 0.3) is 0 Å². The van der Waals surface area contributed by atoms with Crippen LogP contribution in [0.15, 0.2) is 18.2 Å². The fraction of sp³-hybridized carbons (Fsp3) is 0.600. The van der Waals surface area contributed by atoms with Gasteiger partial charge in [0.05, 0.1) is 4.92 Å². The van der Waals surface area contributed by atoms with Gasteiger partial charge in [0.2, 0.25) is 0 Å². The summed E-state index contributed by atoms with van der Waals surface area (Å²) < 4.78 is 0. The van der Waals surface area contributed by atoms with Crippen LogP contribution in [0.1, 0.15) is 19.4 Å². The van der Waals surface area contributed by atoms with Gasteiger partial charge in [-0.25, -0.2) is 0 Å². The third-order valence-corrected chi connectivity index (χ3v) is 3.94. The van der Waals surface area contributed by atoms with Crippen molar-refractivity contribution in [2.75, 3.05) is 44.6 Å². The van der Waals surface area contributed by atoms with E-state index in [2.05, 4.69) is 22.0 Å². The molecular weight excluding hydrogens is 268 g/mol. The van der Waals surface area contributed by atoms with Crippen molar-refractivity contribution < 1.29 is 4.92 Å². The van der Waals surface area contributed by atoms with E-state index in [9.17, 15) is 10.1 Å². The van der Waals surface area contributed by atoms with E-state index in [1.807, 2.05) is 19.1 Å². The molecule has 0 atom stereocenters. The Kier molecular flexibility index (Phi) is 5.52. The zero-order valence-corrected chi connectivity index (χ0v) is 12.8. The molecule has 2 rings (SSSR count). The van der Waals surface area contributed by atoms with Gasteiger partial charge in [0.1, 0.15) is 5.69 Å². The van der Waals surface area contributed by atoms with Gasteiger partial charge >= 0.3 is 0 Å². The summed E-state index contributed by atoms with van der Waals surface area (Å²) in [5, 5.41) is 14.2. The summed E-state index contributed by atoms with van der Waals surface area (Å²) in [5.41, 5.74) is 1.77. The van der Waals surface area contributed by atoms with Crippen LogP contribution in [0.3, 0.4) is 0 Å². The van der Waals surface area contributed by atoms with Crippen LogP contribution in [0, 0.1) is 10.1 Å². The Labute approximate surface area is 125 Å². The summed E-state index contributed by atoms with van der Waals surface area (Å²) in [7, 11) is 0. The number of benzene rings is 1. The number of hydrogen-bond acceptors (Lipinski definition) is 5. The number of anilines is 1. The Bertz CT molecular complexity index is 485. The van der Waals surface area contributed by atoms with Gasteiger partial charge in [-0.2, -0.15) is 0 Å². The second-order valence-corrected chi connectivity index (χ2v) is 5.35. The molecule has 1 heterocycles. The molecule has 1 fully saturated rings. The van der Waals surface area contributed by atoms with Crippen molar-refractivity contribution in [2.45, 2.75) is 20.4 Å². The van der Waals surface area contributed by atoms with Gasteiger partial charge in [-0.15, -0.1) is 0 Å². The van der Waals surface area contributed by atoms with Crippen LogP contribution in [0.4, 0.5) is 11.4 Å². The zero-order valence-electron chi connectivity index (χ0n) is 12.8. The van der Waals surface area contributed by atoms with Crippen molar-refractivity contribution in [3.05, 3.63) is 33.9 Å². The molecule has 116 valence electrons. The molecule has 6 heteroatoms. The molecule has 1 aromatic rings.